The van der Waals surface area contributed by atoms with Crippen LogP contribution in [0.4, 0.5) is 0 Å². The van der Waals surface area contributed by atoms with Crippen molar-refractivity contribution in [2.24, 2.45) is 7.05 Å². The van der Waals surface area contributed by atoms with Crippen LogP contribution in [0.2, 0.25) is 0 Å². The molecule has 6 heteroatoms. The van der Waals surface area contributed by atoms with Gasteiger partial charge in [0.1, 0.15) is 5.65 Å². The molecule has 0 atom stereocenters. The first-order valence-corrected chi connectivity index (χ1v) is 7.77. The van der Waals surface area contributed by atoms with Gasteiger partial charge >= 0.3 is 0 Å². The van der Waals surface area contributed by atoms with E-state index in [1.165, 1.54) is 0 Å². The molecular weight excluding hydrogens is 314 g/mol. The molecule has 0 aliphatic carbocycles. The van der Waals surface area contributed by atoms with E-state index in [1.807, 2.05) is 43.4 Å². The summed E-state index contributed by atoms with van der Waals surface area (Å²) in [5, 5.41) is 14.8. The number of nitrogens with zero attached hydrogens (tertiary/aromatic N) is 4. The quantitative estimate of drug-likeness (QED) is 0.624. The van der Waals surface area contributed by atoms with Crippen LogP contribution in [0.3, 0.4) is 0 Å². The summed E-state index contributed by atoms with van der Waals surface area (Å²) in [6.45, 7) is 0. The zero-order valence-electron chi connectivity index (χ0n) is 13.8. The van der Waals surface area contributed by atoms with Gasteiger partial charge in [-0.25, -0.2) is 9.67 Å². The molecule has 0 aliphatic rings. The fourth-order valence-corrected chi connectivity index (χ4v) is 3.14. The van der Waals surface area contributed by atoms with Gasteiger partial charge in [0.05, 0.1) is 36.2 Å². The van der Waals surface area contributed by atoms with Gasteiger partial charge in [0.25, 0.3) is 0 Å². The van der Waals surface area contributed by atoms with Crippen LogP contribution in [-0.2, 0) is 7.05 Å². The summed E-state index contributed by atoms with van der Waals surface area (Å²) >= 11 is 0. The second-order valence-electron chi connectivity index (χ2n) is 5.62. The molecule has 3 heterocycles. The molecule has 6 nitrogen and oxygen atoms in total. The molecule has 0 radical (unpaired) electrons. The molecule has 0 spiro atoms. The highest BCUT2D eigenvalue weighted by Crippen LogP contribution is 2.41. The number of aryl methyl sites for hydroxylation is 1. The Morgan fingerprint density at radius 2 is 2.00 bits per heavy atom. The van der Waals surface area contributed by atoms with Crippen molar-refractivity contribution in [3.63, 3.8) is 0 Å². The lowest BCUT2D eigenvalue weighted by Gasteiger charge is -2.08. The molecule has 122 valence electrons. The number of hydrogen-bond donors (Lipinski definition) is 1. The van der Waals surface area contributed by atoms with E-state index >= 15 is 0 Å². The first-order valence-electron chi connectivity index (χ1n) is 7.77. The summed E-state index contributed by atoms with van der Waals surface area (Å²) in [5.41, 5.74) is 4.80. The number of methoxy groups -OCH3 is 1. The van der Waals surface area contributed by atoms with Gasteiger partial charge in [0, 0.05) is 29.8 Å². The van der Waals surface area contributed by atoms with Crippen LogP contribution in [0, 0.1) is 11.3 Å². The van der Waals surface area contributed by atoms with Crippen LogP contribution < -0.4 is 4.74 Å². The molecule has 0 saturated heterocycles. The van der Waals surface area contributed by atoms with Gasteiger partial charge < -0.3 is 9.72 Å². The molecule has 0 amide bonds. The molecule has 0 unspecified atom stereocenters. The fraction of sp³-hybridized carbons (Fsp3) is 0.105. The molecule has 25 heavy (non-hydrogen) atoms. The van der Waals surface area contributed by atoms with E-state index in [0.29, 0.717) is 11.4 Å². The number of nitrogens with one attached hydrogen (secondary N) is 1. The van der Waals surface area contributed by atoms with Gasteiger partial charge in [-0.05, 0) is 18.2 Å². The summed E-state index contributed by atoms with van der Waals surface area (Å²) in [7, 11) is 3.44. The van der Waals surface area contributed by atoms with Gasteiger partial charge in [0.15, 0.2) is 0 Å². The minimum atomic E-state index is 0.608. The van der Waals surface area contributed by atoms with E-state index in [-0.39, 0.29) is 0 Å². The SMILES string of the molecule is COc1c(-c2[nH]c3ncccc3c2-c2ccccc2C#N)cnn1C. The van der Waals surface area contributed by atoms with E-state index < -0.39 is 0 Å². The third kappa shape index (κ3) is 2.25. The van der Waals surface area contributed by atoms with Gasteiger partial charge in [0.2, 0.25) is 5.88 Å². The first kappa shape index (κ1) is 15.0. The Morgan fingerprint density at radius 3 is 2.80 bits per heavy atom. The largest absolute Gasteiger partial charge is 0.481 e. The summed E-state index contributed by atoms with van der Waals surface area (Å²) in [6.07, 6.45) is 3.49. The summed E-state index contributed by atoms with van der Waals surface area (Å²) in [5.74, 6) is 0.641. The van der Waals surface area contributed by atoms with Crippen molar-refractivity contribution in [3.8, 4) is 34.3 Å². The van der Waals surface area contributed by atoms with Crippen LogP contribution >= 0.6 is 0 Å². The zero-order valence-corrected chi connectivity index (χ0v) is 13.8. The number of benzene rings is 1. The smallest absolute Gasteiger partial charge is 0.220 e. The fourth-order valence-electron chi connectivity index (χ4n) is 3.14. The minimum absolute atomic E-state index is 0.608. The Bertz CT molecular complexity index is 1120. The average molecular weight is 329 g/mol. The number of aromatic amines is 1. The molecule has 4 aromatic rings. The van der Waals surface area contributed by atoms with Crippen LogP contribution in [0.25, 0.3) is 33.4 Å². The Hall–Kier alpha value is -3.59. The maximum atomic E-state index is 9.54. The van der Waals surface area contributed by atoms with Crippen molar-refractivity contribution in [2.45, 2.75) is 0 Å². The van der Waals surface area contributed by atoms with E-state index in [0.717, 1.165) is 33.4 Å². The first-order chi connectivity index (χ1) is 12.2. The van der Waals surface area contributed by atoms with E-state index in [1.54, 1.807) is 24.2 Å². The minimum Gasteiger partial charge on any atom is -0.481 e. The summed E-state index contributed by atoms with van der Waals surface area (Å²) in [6, 6.07) is 13.7. The third-order valence-electron chi connectivity index (χ3n) is 4.23. The van der Waals surface area contributed by atoms with Gasteiger partial charge in [-0.1, -0.05) is 18.2 Å². The highest BCUT2D eigenvalue weighted by molar-refractivity contribution is 6.04. The van der Waals surface area contributed by atoms with Crippen LogP contribution in [-0.4, -0.2) is 26.9 Å². The van der Waals surface area contributed by atoms with E-state index in [4.69, 9.17) is 4.74 Å². The molecule has 4 rings (SSSR count). The standard InChI is InChI=1S/C19H15N5O/c1-24-19(25-2)15(11-22-24)17-16(13-7-4-3-6-12(13)10-20)14-8-5-9-21-18(14)23-17/h3-9,11H,1-2H3,(H,21,23). The number of ether oxygens (including phenoxy) is 1. The van der Waals surface area contributed by atoms with Crippen LogP contribution in [0.5, 0.6) is 5.88 Å². The zero-order chi connectivity index (χ0) is 17.4. The monoisotopic (exact) mass is 329 g/mol. The number of H-pyrrole nitrogens is 1. The molecule has 1 N–H and O–H groups in total. The Balaban J connectivity index is 2.11. The Kier molecular flexibility index (Phi) is 3.47. The second kappa shape index (κ2) is 5.80. The van der Waals surface area contributed by atoms with Crippen molar-refractivity contribution in [3.05, 3.63) is 54.4 Å². The molecule has 0 saturated carbocycles. The maximum absolute atomic E-state index is 9.54. The molecule has 3 aromatic heterocycles. The topological polar surface area (TPSA) is 79.5 Å². The highest BCUT2D eigenvalue weighted by atomic mass is 16.5. The third-order valence-corrected chi connectivity index (χ3v) is 4.23. The normalized spacial score (nSPS) is 10.8. The van der Waals surface area contributed by atoms with Crippen molar-refractivity contribution >= 4 is 11.0 Å². The molecular formula is C19H15N5O. The number of fused-ring (bicyclic) bond motifs is 1. The van der Waals surface area contributed by atoms with E-state index in [2.05, 4.69) is 21.1 Å². The molecule has 1 aromatic carbocycles. The lowest BCUT2D eigenvalue weighted by atomic mass is 9.96. The van der Waals surface area contributed by atoms with Gasteiger partial charge in [-0.2, -0.15) is 10.4 Å². The molecule has 0 bridgehead atoms. The number of nitriles is 1. The number of rotatable bonds is 3. The van der Waals surface area contributed by atoms with Gasteiger partial charge in [-0.15, -0.1) is 0 Å². The number of aromatic nitrogens is 4. The maximum Gasteiger partial charge on any atom is 0.220 e. The van der Waals surface area contributed by atoms with Crippen molar-refractivity contribution in [1.29, 1.82) is 5.26 Å². The Morgan fingerprint density at radius 1 is 1.16 bits per heavy atom. The number of hydrogen-bond acceptors (Lipinski definition) is 4. The summed E-state index contributed by atoms with van der Waals surface area (Å²) in [4.78, 5) is 7.79. The van der Waals surface area contributed by atoms with Crippen LogP contribution in [0.15, 0.2) is 48.8 Å². The predicted octanol–water partition coefficient (Wildman–Crippen LogP) is 3.51. The van der Waals surface area contributed by atoms with Crippen molar-refractivity contribution < 1.29 is 4.74 Å². The predicted molar refractivity (Wildman–Crippen MR) is 95.0 cm³/mol. The van der Waals surface area contributed by atoms with Gasteiger partial charge in [-0.3, -0.25) is 0 Å². The van der Waals surface area contributed by atoms with E-state index in [9.17, 15) is 5.26 Å². The lowest BCUT2D eigenvalue weighted by Crippen LogP contribution is -1.96. The highest BCUT2D eigenvalue weighted by Gasteiger charge is 2.22. The molecule has 0 aliphatic heterocycles. The molecule has 0 fully saturated rings. The number of pyridine rings is 1. The Labute approximate surface area is 144 Å². The summed E-state index contributed by atoms with van der Waals surface area (Å²) < 4.78 is 7.18. The van der Waals surface area contributed by atoms with Crippen molar-refractivity contribution in [2.75, 3.05) is 7.11 Å². The second-order valence-corrected chi connectivity index (χ2v) is 5.62. The van der Waals surface area contributed by atoms with Crippen molar-refractivity contribution in [1.82, 2.24) is 19.7 Å². The average Bonchev–Trinajstić information content (AvgIpc) is 3.21. The van der Waals surface area contributed by atoms with Crippen LogP contribution in [0.1, 0.15) is 5.56 Å². The lowest BCUT2D eigenvalue weighted by molar-refractivity contribution is 0.375.